The minimum atomic E-state index is -0.329. The normalized spacial score (nSPS) is 14.6. The first-order valence-electron chi connectivity index (χ1n) is 6.06. The number of benzene rings is 1. The van der Waals surface area contributed by atoms with Crippen LogP contribution >= 0.6 is 0 Å². The lowest BCUT2D eigenvalue weighted by Gasteiger charge is -2.32. The van der Waals surface area contributed by atoms with Gasteiger partial charge >= 0.3 is 0 Å². The van der Waals surface area contributed by atoms with Gasteiger partial charge in [-0.3, -0.25) is 0 Å². The average molecular weight is 237 g/mol. The van der Waals surface area contributed by atoms with Crippen LogP contribution in [0.25, 0.3) is 0 Å². The molecule has 3 N–H and O–H groups in total. The quantitative estimate of drug-likeness (QED) is 0.708. The minimum Gasteiger partial charge on any atom is -0.395 e. The number of hydrogen-bond acceptors (Lipinski definition) is 3. The Bertz CT molecular complexity index is 335. The first kappa shape index (κ1) is 14.2. The molecule has 0 saturated carbocycles. The van der Waals surface area contributed by atoms with E-state index in [9.17, 15) is 5.11 Å². The third-order valence-corrected chi connectivity index (χ3v) is 3.41. The third-order valence-electron chi connectivity index (χ3n) is 3.41. The largest absolute Gasteiger partial charge is 0.395 e. The maximum Gasteiger partial charge on any atom is 0.0540 e. The Balaban J connectivity index is 2.94. The van der Waals surface area contributed by atoms with Gasteiger partial charge in [0.05, 0.1) is 6.61 Å². The number of aliphatic hydroxyl groups is 1. The van der Waals surface area contributed by atoms with Gasteiger partial charge in [0.25, 0.3) is 0 Å². The highest BCUT2D eigenvalue weighted by Crippen LogP contribution is 2.30. The summed E-state index contributed by atoms with van der Waals surface area (Å²) in [7, 11) is 1.69. The molecule has 0 radical (unpaired) electrons. The number of rotatable bonds is 7. The van der Waals surface area contributed by atoms with Crippen LogP contribution in [0.4, 0.5) is 0 Å². The van der Waals surface area contributed by atoms with E-state index in [0.29, 0.717) is 13.2 Å². The first-order chi connectivity index (χ1) is 8.20. The molecule has 0 spiro atoms. The second-order valence-electron chi connectivity index (χ2n) is 4.55. The van der Waals surface area contributed by atoms with Crippen molar-refractivity contribution in [3.63, 3.8) is 0 Å². The summed E-state index contributed by atoms with van der Waals surface area (Å²) in [5, 5.41) is 9.73. The minimum absolute atomic E-state index is 0.0814. The number of aliphatic hydroxyl groups excluding tert-OH is 1. The van der Waals surface area contributed by atoms with Gasteiger partial charge in [0.15, 0.2) is 0 Å². The molecule has 0 aromatic heterocycles. The number of methoxy groups -OCH3 is 1. The van der Waals surface area contributed by atoms with Crippen molar-refractivity contribution in [3.8, 4) is 0 Å². The molecule has 0 aliphatic rings. The van der Waals surface area contributed by atoms with E-state index in [2.05, 4.69) is 19.1 Å². The lowest BCUT2D eigenvalue weighted by Crippen LogP contribution is -2.39. The molecule has 0 bridgehead atoms. The van der Waals surface area contributed by atoms with Crippen LogP contribution in [-0.4, -0.2) is 32.0 Å². The van der Waals surface area contributed by atoms with E-state index < -0.39 is 0 Å². The molecule has 96 valence electrons. The molecule has 0 fully saturated rings. The lowest BCUT2D eigenvalue weighted by atomic mass is 9.75. The molecule has 0 heterocycles. The molecule has 3 nitrogen and oxygen atoms in total. The molecule has 0 saturated heterocycles. The van der Waals surface area contributed by atoms with Crippen LogP contribution < -0.4 is 5.73 Å². The summed E-state index contributed by atoms with van der Waals surface area (Å²) in [6, 6.07) is 8.13. The van der Waals surface area contributed by atoms with Gasteiger partial charge in [-0.15, -0.1) is 0 Å². The first-order valence-corrected chi connectivity index (χ1v) is 6.06. The molecule has 0 amide bonds. The Morgan fingerprint density at radius 2 is 2.06 bits per heavy atom. The molecule has 1 aromatic rings. The summed E-state index contributed by atoms with van der Waals surface area (Å²) >= 11 is 0. The summed E-state index contributed by atoms with van der Waals surface area (Å²) in [4.78, 5) is 0. The van der Waals surface area contributed by atoms with Gasteiger partial charge in [-0.1, -0.05) is 24.3 Å². The molecule has 1 unspecified atom stereocenters. The van der Waals surface area contributed by atoms with Gasteiger partial charge in [0.2, 0.25) is 0 Å². The summed E-state index contributed by atoms with van der Waals surface area (Å²) in [6.45, 7) is 3.30. The highest BCUT2D eigenvalue weighted by Gasteiger charge is 2.30. The van der Waals surface area contributed by atoms with E-state index in [1.165, 1.54) is 5.56 Å². The van der Waals surface area contributed by atoms with Gasteiger partial charge in [0.1, 0.15) is 0 Å². The Morgan fingerprint density at radius 3 is 2.59 bits per heavy atom. The van der Waals surface area contributed by atoms with Gasteiger partial charge in [-0.2, -0.15) is 0 Å². The second-order valence-corrected chi connectivity index (χ2v) is 4.55. The molecule has 0 aliphatic heterocycles. The highest BCUT2D eigenvalue weighted by molar-refractivity contribution is 5.34. The van der Waals surface area contributed by atoms with Crippen molar-refractivity contribution < 1.29 is 9.84 Å². The van der Waals surface area contributed by atoms with Crippen LogP contribution in [0, 0.1) is 6.92 Å². The Morgan fingerprint density at radius 1 is 1.35 bits per heavy atom. The molecule has 17 heavy (non-hydrogen) atoms. The standard InChI is InChI=1S/C14H23NO2/c1-12-6-3-4-7-13(12)14(10-15,11-16)8-5-9-17-2/h3-4,6-7,16H,5,8-11,15H2,1-2H3. The predicted octanol–water partition coefficient (Wildman–Crippen LogP) is 1.61. The Kier molecular flexibility index (Phi) is 5.62. The van der Waals surface area contributed by atoms with Crippen LogP contribution in [0.2, 0.25) is 0 Å². The van der Waals surface area contributed by atoms with Gasteiger partial charge in [0, 0.05) is 25.7 Å². The van der Waals surface area contributed by atoms with Crippen molar-refractivity contribution in [2.24, 2.45) is 5.73 Å². The third kappa shape index (κ3) is 3.28. The Labute approximate surface area is 104 Å². The van der Waals surface area contributed by atoms with E-state index in [0.717, 1.165) is 18.4 Å². The second kappa shape index (κ2) is 6.74. The molecule has 1 atom stereocenters. The number of hydrogen-bond donors (Lipinski definition) is 2. The topological polar surface area (TPSA) is 55.5 Å². The molecular formula is C14H23NO2. The molecule has 1 aromatic carbocycles. The molecule has 3 heteroatoms. The maximum absolute atomic E-state index is 9.73. The van der Waals surface area contributed by atoms with Crippen LogP contribution in [0.5, 0.6) is 0 Å². The maximum atomic E-state index is 9.73. The fourth-order valence-corrected chi connectivity index (χ4v) is 2.30. The van der Waals surface area contributed by atoms with E-state index in [-0.39, 0.29) is 12.0 Å². The summed E-state index contributed by atoms with van der Waals surface area (Å²) in [5.41, 5.74) is 7.91. The van der Waals surface area contributed by atoms with Crippen LogP contribution in [0.3, 0.4) is 0 Å². The van der Waals surface area contributed by atoms with Crippen molar-refractivity contribution in [3.05, 3.63) is 35.4 Å². The fourth-order valence-electron chi connectivity index (χ4n) is 2.30. The van der Waals surface area contributed by atoms with Crippen molar-refractivity contribution in [2.75, 3.05) is 26.9 Å². The van der Waals surface area contributed by atoms with Crippen molar-refractivity contribution >= 4 is 0 Å². The van der Waals surface area contributed by atoms with Gasteiger partial charge in [-0.05, 0) is 30.9 Å². The fraction of sp³-hybridized carbons (Fsp3) is 0.571. The number of ether oxygens (including phenoxy) is 1. The van der Waals surface area contributed by atoms with Gasteiger partial charge < -0.3 is 15.6 Å². The van der Waals surface area contributed by atoms with E-state index in [1.807, 2.05) is 12.1 Å². The number of nitrogens with two attached hydrogens (primary N) is 1. The SMILES string of the molecule is COCCCC(CN)(CO)c1ccccc1C. The van der Waals surface area contributed by atoms with E-state index >= 15 is 0 Å². The predicted molar refractivity (Wildman–Crippen MR) is 70.1 cm³/mol. The summed E-state index contributed by atoms with van der Waals surface area (Å²) in [5.74, 6) is 0. The zero-order chi connectivity index (χ0) is 12.7. The van der Waals surface area contributed by atoms with Crippen molar-refractivity contribution in [1.82, 2.24) is 0 Å². The average Bonchev–Trinajstić information content (AvgIpc) is 2.36. The Hall–Kier alpha value is -0.900. The zero-order valence-corrected chi connectivity index (χ0v) is 10.8. The summed E-state index contributed by atoms with van der Waals surface area (Å²) in [6.07, 6.45) is 1.75. The smallest absolute Gasteiger partial charge is 0.0540 e. The van der Waals surface area contributed by atoms with E-state index in [1.54, 1.807) is 7.11 Å². The zero-order valence-electron chi connectivity index (χ0n) is 10.8. The van der Waals surface area contributed by atoms with Crippen LogP contribution in [-0.2, 0) is 10.2 Å². The highest BCUT2D eigenvalue weighted by atomic mass is 16.5. The summed E-state index contributed by atoms with van der Waals surface area (Å²) < 4.78 is 5.07. The molecule has 1 rings (SSSR count). The van der Waals surface area contributed by atoms with Crippen molar-refractivity contribution in [1.29, 1.82) is 0 Å². The molecular weight excluding hydrogens is 214 g/mol. The number of aryl methyl sites for hydroxylation is 1. The monoisotopic (exact) mass is 237 g/mol. The van der Waals surface area contributed by atoms with Gasteiger partial charge in [-0.25, -0.2) is 0 Å². The van der Waals surface area contributed by atoms with E-state index in [4.69, 9.17) is 10.5 Å². The lowest BCUT2D eigenvalue weighted by molar-refractivity contribution is 0.153. The van der Waals surface area contributed by atoms with Crippen LogP contribution in [0.15, 0.2) is 24.3 Å². The van der Waals surface area contributed by atoms with Crippen molar-refractivity contribution in [2.45, 2.75) is 25.2 Å². The molecule has 0 aliphatic carbocycles. The van der Waals surface area contributed by atoms with Crippen LogP contribution in [0.1, 0.15) is 24.0 Å².